The van der Waals surface area contributed by atoms with E-state index in [1.54, 1.807) is 12.1 Å². The van der Waals surface area contributed by atoms with Crippen molar-refractivity contribution in [1.29, 1.82) is 0 Å². The number of carbonyl (C=O) groups is 2. The van der Waals surface area contributed by atoms with Crippen LogP contribution in [-0.4, -0.2) is 25.0 Å². The van der Waals surface area contributed by atoms with Crippen LogP contribution in [0.15, 0.2) is 18.2 Å². The van der Waals surface area contributed by atoms with E-state index in [9.17, 15) is 9.59 Å². The minimum atomic E-state index is -0.438. The number of hydrogen-bond donors (Lipinski definition) is 1. The maximum atomic E-state index is 11.2. The number of Topliss-reactive ketones (excluding diaryl/α,β-unsaturated/α-hetero) is 1. The number of anilines is 1. The highest BCUT2D eigenvalue weighted by molar-refractivity contribution is 5.95. The summed E-state index contributed by atoms with van der Waals surface area (Å²) in [7, 11) is 0. The van der Waals surface area contributed by atoms with Crippen LogP contribution >= 0.6 is 0 Å². The fraction of sp³-hybridized carbons (Fsp3) is 0.385. The molecule has 98 valence electrons. The largest absolute Gasteiger partial charge is 0.480 e. The van der Waals surface area contributed by atoms with E-state index < -0.39 is 5.97 Å². The van der Waals surface area contributed by atoms with Crippen LogP contribution < -0.4 is 10.5 Å². The molecule has 0 aromatic heterocycles. The predicted octanol–water partition coefficient (Wildman–Crippen LogP) is 1.80. The third kappa shape index (κ3) is 4.08. The van der Waals surface area contributed by atoms with Crippen molar-refractivity contribution in [2.75, 3.05) is 18.9 Å². The summed E-state index contributed by atoms with van der Waals surface area (Å²) in [6, 6.07) is 4.69. The lowest BCUT2D eigenvalue weighted by molar-refractivity contribution is -0.146. The predicted molar refractivity (Wildman–Crippen MR) is 67.6 cm³/mol. The number of rotatable bonds is 6. The molecule has 18 heavy (non-hydrogen) atoms. The molecular formula is C13H17NO4. The molecule has 1 rings (SSSR count). The van der Waals surface area contributed by atoms with Crippen molar-refractivity contribution >= 4 is 17.4 Å². The first-order chi connectivity index (χ1) is 8.54. The van der Waals surface area contributed by atoms with Crippen LogP contribution in [-0.2, 0) is 9.53 Å². The van der Waals surface area contributed by atoms with Gasteiger partial charge in [0.25, 0.3) is 0 Å². The van der Waals surface area contributed by atoms with Gasteiger partial charge in [0.1, 0.15) is 5.75 Å². The topological polar surface area (TPSA) is 78.6 Å². The van der Waals surface area contributed by atoms with E-state index in [-0.39, 0.29) is 12.4 Å². The highest BCUT2D eigenvalue weighted by Crippen LogP contribution is 2.22. The normalized spacial score (nSPS) is 9.89. The van der Waals surface area contributed by atoms with Crippen molar-refractivity contribution in [3.8, 4) is 5.75 Å². The number of nitrogen functional groups attached to an aromatic ring is 1. The molecule has 0 aliphatic carbocycles. The summed E-state index contributed by atoms with van der Waals surface area (Å²) in [5, 5.41) is 0. The Morgan fingerprint density at radius 1 is 1.33 bits per heavy atom. The lowest BCUT2D eigenvalue weighted by Crippen LogP contribution is -2.15. The molecule has 0 unspecified atom stereocenters. The molecule has 2 N–H and O–H groups in total. The fourth-order valence-electron chi connectivity index (χ4n) is 1.29. The molecule has 0 heterocycles. The van der Waals surface area contributed by atoms with E-state index in [2.05, 4.69) is 0 Å². The first-order valence-corrected chi connectivity index (χ1v) is 5.73. The molecule has 5 nitrogen and oxygen atoms in total. The molecule has 0 radical (unpaired) electrons. The lowest BCUT2D eigenvalue weighted by Gasteiger charge is -2.09. The van der Waals surface area contributed by atoms with Gasteiger partial charge in [0.15, 0.2) is 12.4 Å². The SMILES string of the molecule is CCCOC(=O)COc1ccc(C(C)=O)cc1N. The van der Waals surface area contributed by atoms with Crippen LogP contribution in [0.3, 0.4) is 0 Å². The van der Waals surface area contributed by atoms with Gasteiger partial charge < -0.3 is 15.2 Å². The Hall–Kier alpha value is -2.04. The highest BCUT2D eigenvalue weighted by atomic mass is 16.6. The van der Waals surface area contributed by atoms with E-state index in [1.165, 1.54) is 13.0 Å². The number of ketones is 1. The van der Waals surface area contributed by atoms with Crippen molar-refractivity contribution in [2.24, 2.45) is 0 Å². The summed E-state index contributed by atoms with van der Waals surface area (Å²) in [5.74, 6) is -0.143. The molecule has 0 aliphatic heterocycles. The van der Waals surface area contributed by atoms with Crippen molar-refractivity contribution in [3.63, 3.8) is 0 Å². The van der Waals surface area contributed by atoms with Gasteiger partial charge in [0.2, 0.25) is 0 Å². The second kappa shape index (κ2) is 6.64. The van der Waals surface area contributed by atoms with Gasteiger partial charge in [-0.1, -0.05) is 6.92 Å². The Labute approximate surface area is 106 Å². The molecule has 0 atom stereocenters. The monoisotopic (exact) mass is 251 g/mol. The van der Waals surface area contributed by atoms with Crippen molar-refractivity contribution in [2.45, 2.75) is 20.3 Å². The Kier molecular flexibility index (Phi) is 5.17. The van der Waals surface area contributed by atoms with Crippen LogP contribution in [0, 0.1) is 0 Å². The van der Waals surface area contributed by atoms with Crippen LogP contribution in [0.1, 0.15) is 30.6 Å². The van der Waals surface area contributed by atoms with Gasteiger partial charge in [-0.3, -0.25) is 4.79 Å². The molecular weight excluding hydrogens is 234 g/mol. The second-order valence-electron chi connectivity index (χ2n) is 3.82. The fourth-order valence-corrected chi connectivity index (χ4v) is 1.29. The summed E-state index contributed by atoms with van der Waals surface area (Å²) < 4.78 is 10.1. The number of hydrogen-bond acceptors (Lipinski definition) is 5. The summed E-state index contributed by atoms with van der Waals surface area (Å²) in [6.07, 6.45) is 0.765. The zero-order chi connectivity index (χ0) is 13.5. The summed E-state index contributed by atoms with van der Waals surface area (Å²) in [6.45, 7) is 3.55. The van der Waals surface area contributed by atoms with Crippen molar-refractivity contribution < 1.29 is 19.1 Å². The third-order valence-electron chi connectivity index (χ3n) is 2.23. The maximum Gasteiger partial charge on any atom is 0.344 e. The molecule has 0 aliphatic rings. The number of carbonyl (C=O) groups excluding carboxylic acids is 2. The minimum absolute atomic E-state index is 0.0735. The van der Waals surface area contributed by atoms with E-state index >= 15 is 0 Å². The molecule has 0 bridgehead atoms. The first kappa shape index (κ1) is 14.0. The van der Waals surface area contributed by atoms with Crippen molar-refractivity contribution in [1.82, 2.24) is 0 Å². The molecule has 0 saturated carbocycles. The number of ether oxygens (including phenoxy) is 2. The molecule has 0 spiro atoms. The summed E-state index contributed by atoms with van der Waals surface area (Å²) >= 11 is 0. The van der Waals surface area contributed by atoms with Gasteiger partial charge in [0.05, 0.1) is 12.3 Å². The Morgan fingerprint density at radius 2 is 2.06 bits per heavy atom. The Morgan fingerprint density at radius 3 is 2.61 bits per heavy atom. The summed E-state index contributed by atoms with van der Waals surface area (Å²) in [5.41, 5.74) is 6.55. The zero-order valence-corrected chi connectivity index (χ0v) is 10.6. The van der Waals surface area contributed by atoms with Gasteiger partial charge in [-0.2, -0.15) is 0 Å². The zero-order valence-electron chi connectivity index (χ0n) is 10.6. The Balaban J connectivity index is 2.58. The molecule has 5 heteroatoms. The second-order valence-corrected chi connectivity index (χ2v) is 3.82. The number of esters is 1. The number of benzene rings is 1. The van der Waals surface area contributed by atoms with Gasteiger partial charge in [0, 0.05) is 5.56 Å². The van der Waals surface area contributed by atoms with Crippen LogP contribution in [0.25, 0.3) is 0 Å². The third-order valence-corrected chi connectivity index (χ3v) is 2.23. The van der Waals surface area contributed by atoms with E-state index in [1.807, 2.05) is 6.92 Å². The van der Waals surface area contributed by atoms with Crippen molar-refractivity contribution in [3.05, 3.63) is 23.8 Å². The number of nitrogens with two attached hydrogens (primary N) is 1. The van der Waals surface area contributed by atoms with E-state index in [0.717, 1.165) is 6.42 Å². The quantitative estimate of drug-likeness (QED) is 0.474. The molecule has 0 saturated heterocycles. The van der Waals surface area contributed by atoms with Gasteiger partial charge >= 0.3 is 5.97 Å². The van der Waals surface area contributed by atoms with Crippen LogP contribution in [0.4, 0.5) is 5.69 Å². The van der Waals surface area contributed by atoms with Gasteiger partial charge in [-0.25, -0.2) is 4.79 Å². The Bertz CT molecular complexity index is 443. The standard InChI is InChI=1S/C13H17NO4/c1-3-6-17-13(16)8-18-12-5-4-10(9(2)15)7-11(12)14/h4-5,7H,3,6,8,14H2,1-2H3. The minimum Gasteiger partial charge on any atom is -0.480 e. The van der Waals surface area contributed by atoms with E-state index in [0.29, 0.717) is 23.6 Å². The maximum absolute atomic E-state index is 11.2. The van der Waals surface area contributed by atoms with Crippen LogP contribution in [0.5, 0.6) is 5.75 Å². The highest BCUT2D eigenvalue weighted by Gasteiger charge is 2.08. The first-order valence-electron chi connectivity index (χ1n) is 5.73. The lowest BCUT2D eigenvalue weighted by atomic mass is 10.1. The summed E-state index contributed by atoms with van der Waals surface area (Å²) in [4.78, 5) is 22.3. The molecule has 0 amide bonds. The van der Waals surface area contributed by atoms with Crippen LogP contribution in [0.2, 0.25) is 0 Å². The average molecular weight is 251 g/mol. The van der Waals surface area contributed by atoms with Gasteiger partial charge in [-0.05, 0) is 31.5 Å². The molecule has 0 fully saturated rings. The smallest absolute Gasteiger partial charge is 0.344 e. The molecule has 1 aromatic carbocycles. The average Bonchev–Trinajstić information content (AvgIpc) is 2.34. The molecule has 1 aromatic rings. The van der Waals surface area contributed by atoms with E-state index in [4.69, 9.17) is 15.2 Å². The van der Waals surface area contributed by atoms with Gasteiger partial charge in [-0.15, -0.1) is 0 Å².